The third-order valence-corrected chi connectivity index (χ3v) is 9.53. The molecular weight excluding hydrogens is 757 g/mol. The number of unbranched alkanes of at least 4 members (excludes halogenated alkanes) is 13. The number of ether oxygens (including phenoxy) is 3. The van der Waals surface area contributed by atoms with Gasteiger partial charge in [0, 0.05) is 19.3 Å². The normalized spacial score (nSPS) is 13.2. The van der Waals surface area contributed by atoms with Crippen molar-refractivity contribution in [1.82, 2.24) is 0 Å². The van der Waals surface area contributed by atoms with E-state index in [2.05, 4.69) is 106 Å². The van der Waals surface area contributed by atoms with Gasteiger partial charge in [-0.25, -0.2) is 0 Å². The Bertz CT molecular complexity index is 1340. The third-order valence-electron chi connectivity index (χ3n) is 9.53. The van der Waals surface area contributed by atoms with Crippen LogP contribution in [-0.4, -0.2) is 37.2 Å². The lowest BCUT2D eigenvalue weighted by molar-refractivity contribution is -0.167. The second-order valence-electron chi connectivity index (χ2n) is 15.3. The van der Waals surface area contributed by atoms with Crippen LogP contribution < -0.4 is 0 Å². The van der Waals surface area contributed by atoms with Gasteiger partial charge in [0.05, 0.1) is 0 Å². The topological polar surface area (TPSA) is 78.9 Å². The van der Waals surface area contributed by atoms with Crippen LogP contribution in [0.15, 0.2) is 122 Å². The van der Waals surface area contributed by atoms with E-state index in [9.17, 15) is 14.4 Å². The maximum absolute atomic E-state index is 12.7. The van der Waals surface area contributed by atoms with E-state index in [4.69, 9.17) is 14.2 Å². The van der Waals surface area contributed by atoms with Gasteiger partial charge in [0.1, 0.15) is 13.2 Å². The molecule has 342 valence electrons. The minimum absolute atomic E-state index is 0.113. The van der Waals surface area contributed by atoms with Crippen molar-refractivity contribution in [3.8, 4) is 0 Å². The average Bonchev–Trinajstić information content (AvgIpc) is 3.26. The van der Waals surface area contributed by atoms with Gasteiger partial charge >= 0.3 is 17.9 Å². The molecule has 1 atom stereocenters. The molecule has 0 N–H and O–H groups in total. The van der Waals surface area contributed by atoms with Crippen LogP contribution in [0, 0.1) is 0 Å². The van der Waals surface area contributed by atoms with Crippen molar-refractivity contribution in [2.75, 3.05) is 13.2 Å². The first-order valence-electron chi connectivity index (χ1n) is 24.1. The Morgan fingerprint density at radius 1 is 0.361 bits per heavy atom. The Hall–Kier alpha value is -4.19. The van der Waals surface area contributed by atoms with Crippen LogP contribution >= 0.6 is 0 Å². The summed E-state index contributed by atoms with van der Waals surface area (Å²) in [5, 5.41) is 0. The molecule has 0 saturated heterocycles. The van der Waals surface area contributed by atoms with Gasteiger partial charge < -0.3 is 14.2 Å². The molecule has 0 radical (unpaired) electrons. The van der Waals surface area contributed by atoms with Gasteiger partial charge in [-0.05, 0) is 103 Å². The summed E-state index contributed by atoms with van der Waals surface area (Å²) >= 11 is 0. The van der Waals surface area contributed by atoms with E-state index in [0.717, 1.165) is 116 Å². The predicted molar refractivity (Wildman–Crippen MR) is 260 cm³/mol. The average molecular weight is 843 g/mol. The van der Waals surface area contributed by atoms with E-state index in [-0.39, 0.29) is 37.5 Å². The van der Waals surface area contributed by atoms with E-state index < -0.39 is 6.10 Å². The fraction of sp³-hybridized carbons (Fsp3) is 0.582. The second-order valence-corrected chi connectivity index (χ2v) is 15.3. The van der Waals surface area contributed by atoms with Gasteiger partial charge in [0.15, 0.2) is 6.10 Å². The van der Waals surface area contributed by atoms with Crippen LogP contribution in [0.5, 0.6) is 0 Å². The Morgan fingerprint density at radius 3 is 1.23 bits per heavy atom. The standard InChI is InChI=1S/C55H86O6/c1-4-7-10-13-16-19-22-24-25-26-27-28-29-31-33-36-39-42-45-48-54(57)60-51-52(50-59-53(56)47-44-41-38-35-32-21-18-15-12-9-6-3)61-55(58)49-46-43-40-37-34-30-23-20-17-14-11-8-5-2/h7-8,10-11,14-20,23-25,27-28,30-31,33-34,52H,4-6,9,12-13,21-22,26,29,32,35-51H2,1-3H3/b10-7-,11-8-,17-14-,18-15-,19-16-,23-20-,25-24-,28-27-,33-31-,34-30-. The monoisotopic (exact) mass is 843 g/mol. The SMILES string of the molecule is CC\C=C/C=C\C=C/C=C\CCCCCC(=O)OC(COC(=O)CCCCC/C=C\C/C=C\C/C=C\C/C=C\C/C=C\CC)COC(=O)CCCCCCC/C=C\CCCC. The van der Waals surface area contributed by atoms with E-state index in [1.807, 2.05) is 36.5 Å². The highest BCUT2D eigenvalue weighted by atomic mass is 16.6. The maximum atomic E-state index is 12.7. The van der Waals surface area contributed by atoms with Crippen molar-refractivity contribution >= 4 is 17.9 Å². The highest BCUT2D eigenvalue weighted by Gasteiger charge is 2.19. The minimum atomic E-state index is -0.817. The first-order valence-corrected chi connectivity index (χ1v) is 24.1. The molecular formula is C55H86O6. The van der Waals surface area contributed by atoms with Crippen LogP contribution in [-0.2, 0) is 28.6 Å². The fourth-order valence-corrected chi connectivity index (χ4v) is 5.93. The van der Waals surface area contributed by atoms with Crippen LogP contribution in [0.3, 0.4) is 0 Å². The molecule has 1 unspecified atom stereocenters. The zero-order valence-corrected chi connectivity index (χ0v) is 38.9. The largest absolute Gasteiger partial charge is 0.462 e. The molecule has 0 aliphatic carbocycles. The van der Waals surface area contributed by atoms with Crippen LogP contribution in [0.2, 0.25) is 0 Å². The van der Waals surface area contributed by atoms with Crippen molar-refractivity contribution in [1.29, 1.82) is 0 Å². The molecule has 0 bridgehead atoms. The van der Waals surface area contributed by atoms with Gasteiger partial charge in [-0.3, -0.25) is 14.4 Å². The molecule has 0 fully saturated rings. The van der Waals surface area contributed by atoms with Gasteiger partial charge in [-0.1, -0.05) is 187 Å². The molecule has 0 aliphatic rings. The molecule has 0 rings (SSSR count). The molecule has 0 aliphatic heterocycles. The first-order chi connectivity index (χ1) is 30.0. The van der Waals surface area contributed by atoms with Crippen LogP contribution in [0.25, 0.3) is 0 Å². The highest BCUT2D eigenvalue weighted by Crippen LogP contribution is 2.12. The summed E-state index contributed by atoms with van der Waals surface area (Å²) < 4.78 is 16.7. The Morgan fingerprint density at radius 2 is 0.721 bits per heavy atom. The number of esters is 3. The molecule has 0 spiro atoms. The number of hydrogen-bond acceptors (Lipinski definition) is 6. The molecule has 0 heterocycles. The molecule has 0 aromatic heterocycles. The van der Waals surface area contributed by atoms with E-state index >= 15 is 0 Å². The van der Waals surface area contributed by atoms with Gasteiger partial charge in [-0.15, -0.1) is 0 Å². The number of carbonyl (C=O) groups is 3. The van der Waals surface area contributed by atoms with E-state index in [0.29, 0.717) is 19.3 Å². The number of allylic oxidation sites excluding steroid dienone is 20. The molecule has 0 amide bonds. The minimum Gasteiger partial charge on any atom is -0.462 e. The molecule has 0 aromatic rings. The molecule has 6 nitrogen and oxygen atoms in total. The maximum Gasteiger partial charge on any atom is 0.306 e. The van der Waals surface area contributed by atoms with E-state index in [1.54, 1.807) is 0 Å². The van der Waals surface area contributed by atoms with Crippen LogP contribution in [0.4, 0.5) is 0 Å². The number of rotatable bonds is 41. The second kappa shape index (κ2) is 48.5. The highest BCUT2D eigenvalue weighted by molar-refractivity contribution is 5.71. The summed E-state index contributed by atoms with van der Waals surface area (Å²) in [6.45, 7) is 6.24. The third kappa shape index (κ3) is 46.7. The van der Waals surface area contributed by atoms with Crippen molar-refractivity contribution < 1.29 is 28.6 Å². The quantitative estimate of drug-likeness (QED) is 0.0201. The number of hydrogen-bond donors (Lipinski definition) is 0. The van der Waals surface area contributed by atoms with E-state index in [1.165, 1.54) is 25.7 Å². The van der Waals surface area contributed by atoms with Crippen LogP contribution in [0.1, 0.15) is 188 Å². The zero-order chi connectivity index (χ0) is 44.4. The lowest BCUT2D eigenvalue weighted by Gasteiger charge is -2.18. The molecule has 0 aromatic carbocycles. The Kier molecular flexibility index (Phi) is 45.1. The lowest BCUT2D eigenvalue weighted by atomic mass is 10.1. The van der Waals surface area contributed by atoms with Crippen molar-refractivity contribution in [3.63, 3.8) is 0 Å². The summed E-state index contributed by atoms with van der Waals surface area (Å²) in [4.78, 5) is 37.8. The first kappa shape index (κ1) is 56.8. The van der Waals surface area contributed by atoms with Crippen molar-refractivity contribution in [2.45, 2.75) is 194 Å². The summed E-state index contributed by atoms with van der Waals surface area (Å²) in [7, 11) is 0. The van der Waals surface area contributed by atoms with Gasteiger partial charge in [0.2, 0.25) is 0 Å². The van der Waals surface area contributed by atoms with Gasteiger partial charge in [-0.2, -0.15) is 0 Å². The number of carbonyl (C=O) groups excluding carboxylic acids is 3. The summed E-state index contributed by atoms with van der Waals surface area (Å²) in [6, 6.07) is 0. The van der Waals surface area contributed by atoms with Crippen molar-refractivity contribution in [3.05, 3.63) is 122 Å². The molecule has 0 saturated carbocycles. The smallest absolute Gasteiger partial charge is 0.306 e. The zero-order valence-electron chi connectivity index (χ0n) is 38.9. The fourth-order valence-electron chi connectivity index (χ4n) is 5.93. The summed E-state index contributed by atoms with van der Waals surface area (Å²) in [5.74, 6) is -1.01. The Labute approximate surface area is 373 Å². The summed E-state index contributed by atoms with van der Waals surface area (Å²) in [5.41, 5.74) is 0. The summed E-state index contributed by atoms with van der Waals surface area (Å²) in [6.07, 6.45) is 66.1. The van der Waals surface area contributed by atoms with Crippen molar-refractivity contribution in [2.24, 2.45) is 0 Å². The van der Waals surface area contributed by atoms with Gasteiger partial charge in [0.25, 0.3) is 0 Å². The predicted octanol–water partition coefficient (Wildman–Crippen LogP) is 15.7. The lowest BCUT2D eigenvalue weighted by Crippen LogP contribution is -2.30. The molecule has 6 heteroatoms. The Balaban J connectivity index is 4.51. The molecule has 61 heavy (non-hydrogen) atoms.